The molecule has 20 heavy (non-hydrogen) atoms. The Hall–Kier alpha value is -1.85. The molecule has 0 aromatic rings. The standard InChI is InChI=1S/C15H14BrFN2O/c1-5-12(7-6-10(2)17)19-14(20)11(9-18)8-13(16)15(19,3)4/h1,6-8,13H,2-4H3/b10-6+,12-7+. The van der Waals surface area contributed by atoms with E-state index in [9.17, 15) is 9.18 Å². The summed E-state index contributed by atoms with van der Waals surface area (Å²) < 4.78 is 12.8. The molecule has 0 bridgehead atoms. The summed E-state index contributed by atoms with van der Waals surface area (Å²) in [5, 5.41) is 9.01. The molecule has 0 spiro atoms. The molecule has 0 fully saturated rings. The maximum atomic E-state index is 12.8. The van der Waals surface area contributed by atoms with Crippen LogP contribution in [-0.2, 0) is 4.79 Å². The van der Waals surface area contributed by atoms with Gasteiger partial charge in [-0.3, -0.25) is 9.69 Å². The van der Waals surface area contributed by atoms with Gasteiger partial charge < -0.3 is 0 Å². The van der Waals surface area contributed by atoms with Crippen LogP contribution in [0, 0.1) is 23.7 Å². The largest absolute Gasteiger partial charge is 0.293 e. The minimum absolute atomic E-state index is 0.00769. The highest BCUT2D eigenvalue weighted by molar-refractivity contribution is 9.09. The van der Waals surface area contributed by atoms with E-state index in [0.717, 1.165) is 0 Å². The van der Waals surface area contributed by atoms with Gasteiger partial charge in [-0.2, -0.15) is 5.26 Å². The second-order valence-corrected chi connectivity index (χ2v) is 5.82. The molecule has 0 radical (unpaired) electrons. The first-order valence-electron chi connectivity index (χ1n) is 5.87. The predicted octanol–water partition coefficient (Wildman–Crippen LogP) is 3.21. The Kier molecular flexibility index (Phi) is 4.92. The SMILES string of the molecule is C#C/C(=C\C=C(/C)F)N1C(=O)C(C#N)=CC(Br)C1(C)C. The Morgan fingerprint density at radius 2 is 2.20 bits per heavy atom. The number of alkyl halides is 1. The zero-order valence-electron chi connectivity index (χ0n) is 11.4. The third kappa shape index (κ3) is 3.00. The molecule has 0 aromatic carbocycles. The maximum absolute atomic E-state index is 12.8. The van der Waals surface area contributed by atoms with Crippen molar-refractivity contribution in [2.75, 3.05) is 0 Å². The van der Waals surface area contributed by atoms with Gasteiger partial charge in [0.2, 0.25) is 0 Å². The van der Waals surface area contributed by atoms with Crippen molar-refractivity contribution in [3.63, 3.8) is 0 Å². The molecule has 0 N–H and O–H groups in total. The van der Waals surface area contributed by atoms with Gasteiger partial charge >= 0.3 is 0 Å². The molecule has 5 heteroatoms. The lowest BCUT2D eigenvalue weighted by atomic mass is 9.90. The van der Waals surface area contributed by atoms with Crippen LogP contribution in [0.3, 0.4) is 0 Å². The normalized spacial score (nSPS) is 22.9. The lowest BCUT2D eigenvalue weighted by Gasteiger charge is -2.43. The van der Waals surface area contributed by atoms with Crippen LogP contribution in [-0.4, -0.2) is 21.2 Å². The number of carbonyl (C=O) groups excluding carboxylic acids is 1. The molecular formula is C15H14BrFN2O. The number of carbonyl (C=O) groups is 1. The molecule has 1 atom stereocenters. The Morgan fingerprint density at radius 3 is 2.65 bits per heavy atom. The summed E-state index contributed by atoms with van der Waals surface area (Å²) >= 11 is 3.43. The predicted molar refractivity (Wildman–Crippen MR) is 79.1 cm³/mol. The third-order valence-corrected chi connectivity index (χ3v) is 4.36. The van der Waals surface area contributed by atoms with Gasteiger partial charge in [0.15, 0.2) is 0 Å². The van der Waals surface area contributed by atoms with Crippen molar-refractivity contribution in [1.82, 2.24) is 4.90 Å². The number of hydrogen-bond donors (Lipinski definition) is 0. The van der Waals surface area contributed by atoms with E-state index in [1.165, 1.54) is 24.0 Å². The number of terminal acetylenes is 1. The van der Waals surface area contributed by atoms with Crippen molar-refractivity contribution >= 4 is 21.8 Å². The van der Waals surface area contributed by atoms with Gasteiger partial charge in [0.25, 0.3) is 5.91 Å². The van der Waals surface area contributed by atoms with Gasteiger partial charge in [-0.05, 0) is 39.0 Å². The molecule has 1 aliphatic heterocycles. The second-order valence-electron chi connectivity index (χ2n) is 4.84. The average molecular weight is 337 g/mol. The fourth-order valence-electron chi connectivity index (χ4n) is 1.81. The van der Waals surface area contributed by atoms with Crippen LogP contribution in [0.2, 0.25) is 0 Å². The summed E-state index contributed by atoms with van der Waals surface area (Å²) in [6, 6.07) is 1.85. The molecular weight excluding hydrogens is 323 g/mol. The highest BCUT2D eigenvalue weighted by Crippen LogP contribution is 2.35. The highest BCUT2D eigenvalue weighted by atomic mass is 79.9. The quantitative estimate of drug-likeness (QED) is 0.441. The van der Waals surface area contributed by atoms with Crippen molar-refractivity contribution in [1.29, 1.82) is 5.26 Å². The highest BCUT2D eigenvalue weighted by Gasteiger charge is 2.43. The van der Waals surface area contributed by atoms with Crippen LogP contribution in [0.15, 0.2) is 35.3 Å². The van der Waals surface area contributed by atoms with Crippen LogP contribution in [0.5, 0.6) is 0 Å². The summed E-state index contributed by atoms with van der Waals surface area (Å²) in [6.45, 7) is 4.90. The number of allylic oxidation sites excluding steroid dienone is 4. The minimum atomic E-state index is -0.673. The van der Waals surface area contributed by atoms with Crippen LogP contribution >= 0.6 is 15.9 Å². The van der Waals surface area contributed by atoms with Gasteiger partial charge in [-0.1, -0.05) is 21.9 Å². The fourth-order valence-corrected chi connectivity index (χ4v) is 2.28. The van der Waals surface area contributed by atoms with Gasteiger partial charge in [0, 0.05) is 0 Å². The zero-order valence-corrected chi connectivity index (χ0v) is 13.0. The van der Waals surface area contributed by atoms with Crippen LogP contribution < -0.4 is 0 Å². The van der Waals surface area contributed by atoms with E-state index < -0.39 is 17.3 Å². The molecule has 0 saturated heterocycles. The van der Waals surface area contributed by atoms with Crippen LogP contribution in [0.25, 0.3) is 0 Å². The Bertz CT molecular complexity index is 598. The number of hydrogen-bond acceptors (Lipinski definition) is 2. The molecule has 0 saturated carbocycles. The van der Waals surface area contributed by atoms with Gasteiger partial charge in [0.05, 0.1) is 21.9 Å². The summed E-state index contributed by atoms with van der Waals surface area (Å²) in [4.78, 5) is 13.4. The first kappa shape index (κ1) is 16.2. The number of amides is 1. The van der Waals surface area contributed by atoms with Crippen molar-refractivity contribution in [2.24, 2.45) is 0 Å². The van der Waals surface area contributed by atoms with Gasteiger partial charge in [0.1, 0.15) is 11.6 Å². The van der Waals surface area contributed by atoms with Crippen molar-refractivity contribution in [3.8, 4) is 18.4 Å². The van der Waals surface area contributed by atoms with E-state index in [1.54, 1.807) is 6.08 Å². The minimum Gasteiger partial charge on any atom is -0.293 e. The summed E-state index contributed by atoms with van der Waals surface area (Å²) in [6.07, 6.45) is 9.53. The number of nitrogens with zero attached hydrogens (tertiary/aromatic N) is 2. The number of nitriles is 1. The monoisotopic (exact) mass is 336 g/mol. The van der Waals surface area contributed by atoms with E-state index in [4.69, 9.17) is 11.7 Å². The lowest BCUT2D eigenvalue weighted by molar-refractivity contribution is -0.129. The molecule has 104 valence electrons. The molecule has 0 aromatic heterocycles. The van der Waals surface area contributed by atoms with Gasteiger partial charge in [-0.15, -0.1) is 6.42 Å². The molecule has 3 nitrogen and oxygen atoms in total. The van der Waals surface area contributed by atoms with Crippen molar-refractivity contribution in [3.05, 3.63) is 35.3 Å². The van der Waals surface area contributed by atoms with Crippen molar-refractivity contribution in [2.45, 2.75) is 31.1 Å². The molecule has 1 heterocycles. The number of rotatable bonds is 2. The van der Waals surface area contributed by atoms with Gasteiger partial charge in [-0.25, -0.2) is 4.39 Å². The Labute approximate surface area is 126 Å². The first-order valence-corrected chi connectivity index (χ1v) is 6.78. The Morgan fingerprint density at radius 1 is 1.60 bits per heavy atom. The molecule has 1 rings (SSSR count). The smallest absolute Gasteiger partial charge is 0.269 e. The lowest BCUT2D eigenvalue weighted by Crippen LogP contribution is -2.55. The molecule has 0 aliphatic carbocycles. The molecule has 1 unspecified atom stereocenters. The second kappa shape index (κ2) is 6.07. The first-order chi connectivity index (χ1) is 9.25. The van der Waals surface area contributed by atoms with E-state index in [-0.39, 0.29) is 16.1 Å². The fraction of sp³-hybridized carbons (Fsp3) is 0.333. The topological polar surface area (TPSA) is 44.1 Å². The van der Waals surface area contributed by atoms with Crippen LogP contribution in [0.1, 0.15) is 20.8 Å². The maximum Gasteiger partial charge on any atom is 0.269 e. The van der Waals surface area contributed by atoms with E-state index >= 15 is 0 Å². The molecule has 1 amide bonds. The van der Waals surface area contributed by atoms with E-state index in [2.05, 4.69) is 21.9 Å². The average Bonchev–Trinajstić information content (AvgIpc) is 2.37. The summed E-state index contributed by atoms with van der Waals surface area (Å²) in [7, 11) is 0. The third-order valence-electron chi connectivity index (χ3n) is 2.98. The summed E-state index contributed by atoms with van der Waals surface area (Å²) in [5.74, 6) is 1.47. The van der Waals surface area contributed by atoms with E-state index in [1.807, 2.05) is 19.9 Å². The molecule has 1 aliphatic rings. The van der Waals surface area contributed by atoms with Crippen molar-refractivity contribution < 1.29 is 9.18 Å². The zero-order chi connectivity index (χ0) is 15.5. The van der Waals surface area contributed by atoms with Crippen LogP contribution in [0.4, 0.5) is 4.39 Å². The summed E-state index contributed by atoms with van der Waals surface area (Å²) in [5.41, 5.74) is -0.455. The Balaban J connectivity index is 3.41. The van der Waals surface area contributed by atoms with E-state index in [0.29, 0.717) is 0 Å². The number of halogens is 2.